The minimum atomic E-state index is 0.664. The average molecular weight is 351 g/mol. The van der Waals surface area contributed by atoms with Crippen molar-refractivity contribution >= 4 is 21.5 Å². The summed E-state index contributed by atoms with van der Waals surface area (Å²) in [5.41, 5.74) is 3.57. The summed E-state index contributed by atoms with van der Waals surface area (Å²) in [6.07, 6.45) is 8.59. The number of rotatable bonds is 1. The number of pyridine rings is 1. The van der Waals surface area contributed by atoms with Gasteiger partial charge in [-0.15, -0.1) is 0 Å². The molecule has 0 saturated heterocycles. The summed E-state index contributed by atoms with van der Waals surface area (Å²) in [6.45, 7) is 0. The van der Waals surface area contributed by atoms with Gasteiger partial charge in [-0.05, 0) is 64.7 Å². The monoisotopic (exact) mass is 351 g/mol. The minimum absolute atomic E-state index is 0.664. The van der Waals surface area contributed by atoms with E-state index in [1.165, 1.54) is 53.8 Å². The first-order valence-electron chi connectivity index (χ1n) is 10.0. The SMILES string of the molecule is c1ccc2cc3c(cc2c1)Oc1cc(C2CCCCC2)cc2ccnc-3c12. The van der Waals surface area contributed by atoms with Crippen molar-refractivity contribution < 1.29 is 4.74 Å². The van der Waals surface area contributed by atoms with Crippen molar-refractivity contribution in [3.8, 4) is 22.8 Å². The predicted molar refractivity (Wildman–Crippen MR) is 111 cm³/mol. The van der Waals surface area contributed by atoms with Gasteiger partial charge >= 0.3 is 0 Å². The van der Waals surface area contributed by atoms with Crippen molar-refractivity contribution in [2.24, 2.45) is 0 Å². The fraction of sp³-hybridized carbons (Fsp3) is 0.240. The van der Waals surface area contributed by atoms with Gasteiger partial charge in [0.05, 0.1) is 11.1 Å². The molecule has 132 valence electrons. The van der Waals surface area contributed by atoms with Crippen molar-refractivity contribution in [3.63, 3.8) is 0 Å². The Morgan fingerprint density at radius 3 is 2.44 bits per heavy atom. The van der Waals surface area contributed by atoms with Gasteiger partial charge in [0.2, 0.25) is 0 Å². The van der Waals surface area contributed by atoms with Crippen molar-refractivity contribution in [1.29, 1.82) is 0 Å². The Labute approximate surface area is 158 Å². The molecule has 0 spiro atoms. The van der Waals surface area contributed by atoms with E-state index in [2.05, 4.69) is 54.6 Å². The molecule has 2 aliphatic rings. The summed E-state index contributed by atoms with van der Waals surface area (Å²) in [5.74, 6) is 2.55. The van der Waals surface area contributed by atoms with Crippen LogP contribution >= 0.6 is 0 Å². The van der Waals surface area contributed by atoms with E-state index in [1.807, 2.05) is 6.20 Å². The third-order valence-corrected chi connectivity index (χ3v) is 6.25. The second kappa shape index (κ2) is 5.82. The highest BCUT2D eigenvalue weighted by atomic mass is 16.5. The van der Waals surface area contributed by atoms with Crippen LogP contribution in [0.2, 0.25) is 0 Å². The highest BCUT2D eigenvalue weighted by Gasteiger charge is 2.24. The molecule has 3 aromatic carbocycles. The second-order valence-electron chi connectivity index (χ2n) is 7.91. The van der Waals surface area contributed by atoms with E-state index >= 15 is 0 Å². The number of aromatic nitrogens is 1. The summed E-state index contributed by atoms with van der Waals surface area (Å²) in [5, 5.41) is 4.83. The molecule has 1 saturated carbocycles. The lowest BCUT2D eigenvalue weighted by atomic mass is 9.83. The third kappa shape index (κ3) is 2.36. The van der Waals surface area contributed by atoms with Gasteiger partial charge in [-0.2, -0.15) is 0 Å². The molecule has 2 heteroatoms. The third-order valence-electron chi connectivity index (χ3n) is 6.25. The lowest BCUT2D eigenvalue weighted by Crippen LogP contribution is -2.06. The maximum Gasteiger partial charge on any atom is 0.137 e. The van der Waals surface area contributed by atoms with Crippen LogP contribution in [0.4, 0.5) is 0 Å². The van der Waals surface area contributed by atoms with Crippen LogP contribution in [0, 0.1) is 0 Å². The molecule has 6 rings (SSSR count). The fourth-order valence-corrected chi connectivity index (χ4v) is 4.86. The number of fused-ring (bicyclic) bond motifs is 3. The number of hydrogen-bond acceptors (Lipinski definition) is 2. The molecular weight excluding hydrogens is 330 g/mol. The molecule has 0 amide bonds. The predicted octanol–water partition coefficient (Wildman–Crippen LogP) is 7.21. The van der Waals surface area contributed by atoms with E-state index in [-0.39, 0.29) is 0 Å². The average Bonchev–Trinajstić information content (AvgIpc) is 2.73. The molecule has 27 heavy (non-hydrogen) atoms. The van der Waals surface area contributed by atoms with E-state index in [0.717, 1.165) is 28.1 Å². The van der Waals surface area contributed by atoms with E-state index < -0.39 is 0 Å². The first-order valence-corrected chi connectivity index (χ1v) is 10.0. The Hall–Kier alpha value is -2.87. The molecule has 1 aromatic heterocycles. The summed E-state index contributed by atoms with van der Waals surface area (Å²) in [7, 11) is 0. The van der Waals surface area contributed by atoms with E-state index in [1.54, 1.807) is 0 Å². The molecule has 0 N–H and O–H groups in total. The van der Waals surface area contributed by atoms with Crippen molar-refractivity contribution in [3.05, 3.63) is 66.4 Å². The molecule has 1 aliphatic carbocycles. The molecule has 1 aliphatic heterocycles. The Morgan fingerprint density at radius 2 is 1.59 bits per heavy atom. The number of benzene rings is 3. The van der Waals surface area contributed by atoms with Crippen LogP contribution in [0.1, 0.15) is 43.6 Å². The van der Waals surface area contributed by atoms with E-state index in [4.69, 9.17) is 9.72 Å². The summed E-state index contributed by atoms with van der Waals surface area (Å²) >= 11 is 0. The zero-order chi connectivity index (χ0) is 17.8. The van der Waals surface area contributed by atoms with E-state index in [9.17, 15) is 0 Å². The lowest BCUT2D eigenvalue weighted by Gasteiger charge is -2.26. The lowest BCUT2D eigenvalue weighted by molar-refractivity contribution is 0.440. The largest absolute Gasteiger partial charge is 0.456 e. The zero-order valence-electron chi connectivity index (χ0n) is 15.2. The Kier molecular flexibility index (Phi) is 3.28. The van der Waals surface area contributed by atoms with Crippen LogP contribution in [0.25, 0.3) is 32.8 Å². The van der Waals surface area contributed by atoms with Gasteiger partial charge in [0, 0.05) is 11.8 Å². The smallest absolute Gasteiger partial charge is 0.137 e. The summed E-state index contributed by atoms with van der Waals surface area (Å²) < 4.78 is 6.45. The first kappa shape index (κ1) is 15.2. The minimum Gasteiger partial charge on any atom is -0.456 e. The second-order valence-corrected chi connectivity index (χ2v) is 7.91. The Morgan fingerprint density at radius 1 is 0.778 bits per heavy atom. The normalized spacial score (nSPS) is 16.3. The van der Waals surface area contributed by atoms with Crippen molar-refractivity contribution in [1.82, 2.24) is 4.98 Å². The van der Waals surface area contributed by atoms with Gasteiger partial charge in [-0.1, -0.05) is 49.6 Å². The number of ether oxygens (including phenoxy) is 1. The maximum absolute atomic E-state index is 6.45. The van der Waals surface area contributed by atoms with Crippen LogP contribution in [0.5, 0.6) is 11.5 Å². The Balaban J connectivity index is 1.59. The zero-order valence-corrected chi connectivity index (χ0v) is 15.2. The van der Waals surface area contributed by atoms with Crippen molar-refractivity contribution in [2.45, 2.75) is 38.0 Å². The molecule has 2 nitrogen and oxygen atoms in total. The van der Waals surface area contributed by atoms with Gasteiger partial charge in [0.25, 0.3) is 0 Å². The first-order chi connectivity index (χ1) is 13.4. The highest BCUT2D eigenvalue weighted by molar-refractivity contribution is 6.04. The molecule has 0 bridgehead atoms. The molecule has 0 atom stereocenters. The number of hydrogen-bond donors (Lipinski definition) is 0. The topological polar surface area (TPSA) is 22.1 Å². The molecule has 0 radical (unpaired) electrons. The van der Waals surface area contributed by atoms with Crippen LogP contribution in [0.3, 0.4) is 0 Å². The van der Waals surface area contributed by atoms with Gasteiger partial charge in [-0.25, -0.2) is 0 Å². The van der Waals surface area contributed by atoms with Gasteiger partial charge in [0.15, 0.2) is 0 Å². The van der Waals surface area contributed by atoms with Gasteiger partial charge in [-0.3, -0.25) is 4.98 Å². The van der Waals surface area contributed by atoms with Crippen LogP contribution < -0.4 is 4.74 Å². The van der Waals surface area contributed by atoms with Crippen LogP contribution in [-0.4, -0.2) is 4.98 Å². The summed E-state index contributed by atoms with van der Waals surface area (Å²) in [6, 6.07) is 19.6. The molecule has 4 aromatic rings. The standard InChI is InChI=1S/C25H21NO/c1-2-6-16(7-3-1)20-12-19-10-11-26-25-21-13-17-8-4-5-9-18(17)14-22(21)27-23(15-20)24(19)25/h4-5,8-16H,1-3,6-7H2. The fourth-order valence-electron chi connectivity index (χ4n) is 4.86. The van der Waals surface area contributed by atoms with E-state index in [0.29, 0.717) is 5.92 Å². The van der Waals surface area contributed by atoms with Crippen LogP contribution in [-0.2, 0) is 0 Å². The number of nitrogens with zero attached hydrogens (tertiary/aromatic N) is 1. The van der Waals surface area contributed by atoms with Gasteiger partial charge < -0.3 is 4.74 Å². The summed E-state index contributed by atoms with van der Waals surface area (Å²) in [4.78, 5) is 4.75. The molecule has 0 unspecified atom stereocenters. The molecular formula is C25H21NO. The van der Waals surface area contributed by atoms with Gasteiger partial charge in [0.1, 0.15) is 11.5 Å². The van der Waals surface area contributed by atoms with Crippen molar-refractivity contribution in [2.75, 3.05) is 0 Å². The highest BCUT2D eigenvalue weighted by Crippen LogP contribution is 2.48. The molecule has 1 fully saturated rings. The maximum atomic E-state index is 6.45. The quantitative estimate of drug-likeness (QED) is 0.318. The molecule has 2 heterocycles. The Bertz CT molecular complexity index is 1190. The van der Waals surface area contributed by atoms with Crippen LogP contribution in [0.15, 0.2) is 60.8 Å².